The van der Waals surface area contributed by atoms with Gasteiger partial charge in [0.2, 0.25) is 5.91 Å². The number of aromatic carboxylic acids is 1. The molecule has 1 aliphatic carbocycles. The minimum atomic E-state index is -1.21. The fourth-order valence-corrected chi connectivity index (χ4v) is 5.09. The third-order valence-corrected chi connectivity index (χ3v) is 6.47. The highest BCUT2D eigenvalue weighted by Gasteiger charge is 2.27. The van der Waals surface area contributed by atoms with Crippen molar-refractivity contribution >= 4 is 23.2 Å². The molecule has 1 aliphatic heterocycles. The van der Waals surface area contributed by atoms with Crippen LogP contribution in [0.5, 0.6) is 0 Å². The van der Waals surface area contributed by atoms with E-state index in [0.717, 1.165) is 41.9 Å². The van der Waals surface area contributed by atoms with Gasteiger partial charge in [-0.05, 0) is 43.2 Å². The van der Waals surface area contributed by atoms with E-state index in [1.165, 1.54) is 16.4 Å². The van der Waals surface area contributed by atoms with Crippen molar-refractivity contribution in [3.8, 4) is 0 Å². The fourth-order valence-electron chi connectivity index (χ4n) is 3.94. The van der Waals surface area contributed by atoms with Crippen molar-refractivity contribution in [3.63, 3.8) is 0 Å². The first-order chi connectivity index (χ1) is 12.9. The molecular weight excluding hydrogens is 366 g/mol. The van der Waals surface area contributed by atoms with Crippen LogP contribution >= 0.6 is 11.3 Å². The highest BCUT2D eigenvalue weighted by Crippen LogP contribution is 2.27. The summed E-state index contributed by atoms with van der Waals surface area (Å²) in [5, 5.41) is 10.4. The molecule has 0 fully saturated rings. The summed E-state index contributed by atoms with van der Waals surface area (Å²) >= 11 is 1.61. The maximum absolute atomic E-state index is 12.8. The Morgan fingerprint density at radius 2 is 2.04 bits per heavy atom. The molecule has 27 heavy (non-hydrogen) atoms. The van der Waals surface area contributed by atoms with Gasteiger partial charge in [-0.1, -0.05) is 0 Å². The minimum absolute atomic E-state index is 0.0529. The van der Waals surface area contributed by atoms with Crippen molar-refractivity contribution in [1.82, 2.24) is 14.5 Å². The van der Waals surface area contributed by atoms with Gasteiger partial charge in [0.25, 0.3) is 5.56 Å². The van der Waals surface area contributed by atoms with Gasteiger partial charge in [-0.15, -0.1) is 11.3 Å². The number of amides is 1. The summed E-state index contributed by atoms with van der Waals surface area (Å²) in [6.07, 6.45) is 6.40. The zero-order chi connectivity index (χ0) is 19.1. The highest BCUT2D eigenvalue weighted by molar-refractivity contribution is 7.11. The summed E-state index contributed by atoms with van der Waals surface area (Å²) in [6.45, 7) is 2.54. The molecule has 0 unspecified atom stereocenters. The van der Waals surface area contributed by atoms with Crippen molar-refractivity contribution in [2.75, 3.05) is 6.54 Å². The third kappa shape index (κ3) is 3.29. The number of rotatable bonds is 3. The summed E-state index contributed by atoms with van der Waals surface area (Å²) in [4.78, 5) is 43.9. The van der Waals surface area contributed by atoms with E-state index in [0.29, 0.717) is 25.1 Å². The monoisotopic (exact) mass is 387 g/mol. The van der Waals surface area contributed by atoms with Crippen molar-refractivity contribution in [2.45, 2.75) is 52.1 Å². The SMILES string of the molecule is CC(=O)N1CCc2c(cn(Cc3nc4c(s3)CCCC4)c(=O)c2C(=O)O)C1. The van der Waals surface area contributed by atoms with Crippen LogP contribution < -0.4 is 5.56 Å². The number of carboxylic acids is 1. The number of carbonyl (C=O) groups is 2. The molecule has 0 aromatic carbocycles. The first-order valence-corrected chi connectivity index (χ1v) is 9.97. The Bertz CT molecular complexity index is 968. The Morgan fingerprint density at radius 1 is 1.26 bits per heavy atom. The van der Waals surface area contributed by atoms with Gasteiger partial charge in [0, 0.05) is 31.1 Å². The zero-order valence-electron chi connectivity index (χ0n) is 15.2. The number of thiazole rings is 1. The van der Waals surface area contributed by atoms with Crippen LogP contribution in [0, 0.1) is 0 Å². The Morgan fingerprint density at radius 3 is 2.74 bits per heavy atom. The molecule has 142 valence electrons. The van der Waals surface area contributed by atoms with Crippen molar-refractivity contribution in [3.05, 3.63) is 48.8 Å². The van der Waals surface area contributed by atoms with Gasteiger partial charge in [0.1, 0.15) is 10.6 Å². The van der Waals surface area contributed by atoms with Gasteiger partial charge >= 0.3 is 5.97 Å². The number of hydrogen-bond acceptors (Lipinski definition) is 5. The summed E-state index contributed by atoms with van der Waals surface area (Å²) in [5.74, 6) is -1.26. The van der Waals surface area contributed by atoms with Crippen LogP contribution in [0.1, 0.15) is 56.8 Å². The van der Waals surface area contributed by atoms with E-state index in [-0.39, 0.29) is 18.0 Å². The van der Waals surface area contributed by atoms with Gasteiger partial charge < -0.3 is 14.6 Å². The van der Waals surface area contributed by atoms with E-state index in [1.807, 2.05) is 0 Å². The average molecular weight is 387 g/mol. The number of hydrogen-bond donors (Lipinski definition) is 1. The van der Waals surface area contributed by atoms with Crippen molar-refractivity contribution in [2.24, 2.45) is 0 Å². The molecule has 1 amide bonds. The summed E-state index contributed by atoms with van der Waals surface area (Å²) < 4.78 is 1.44. The molecule has 0 atom stereocenters. The molecule has 0 bridgehead atoms. The van der Waals surface area contributed by atoms with Crippen LogP contribution in [0.25, 0.3) is 0 Å². The topological polar surface area (TPSA) is 92.5 Å². The third-order valence-electron chi connectivity index (χ3n) is 5.32. The van der Waals surface area contributed by atoms with Gasteiger partial charge in [0.05, 0.1) is 12.2 Å². The number of carbonyl (C=O) groups excluding carboxylic acids is 1. The standard InChI is InChI=1S/C19H21N3O4S/c1-11(23)21-7-6-13-12(8-21)9-22(18(24)17(13)19(25)26)10-16-20-14-4-2-3-5-15(14)27-16/h9H,2-8,10H2,1H3,(H,25,26). The lowest BCUT2D eigenvalue weighted by molar-refractivity contribution is -0.129. The molecule has 3 heterocycles. The molecular formula is C19H21N3O4S. The van der Waals surface area contributed by atoms with E-state index >= 15 is 0 Å². The van der Waals surface area contributed by atoms with Gasteiger partial charge in [-0.25, -0.2) is 9.78 Å². The number of nitrogens with zero attached hydrogens (tertiary/aromatic N) is 3. The molecule has 0 saturated carbocycles. The summed E-state index contributed by atoms with van der Waals surface area (Å²) in [5.41, 5.74) is 1.74. The van der Waals surface area contributed by atoms with Crippen LogP contribution in [0.15, 0.2) is 11.0 Å². The molecule has 0 spiro atoms. The quantitative estimate of drug-likeness (QED) is 0.867. The van der Waals surface area contributed by atoms with E-state index in [2.05, 4.69) is 4.98 Å². The second-order valence-electron chi connectivity index (χ2n) is 7.12. The van der Waals surface area contributed by atoms with Gasteiger partial charge in [-0.2, -0.15) is 0 Å². The molecule has 1 N–H and O–H groups in total. The van der Waals surface area contributed by atoms with E-state index < -0.39 is 11.5 Å². The zero-order valence-corrected chi connectivity index (χ0v) is 16.0. The Balaban J connectivity index is 1.74. The molecule has 2 aromatic heterocycles. The molecule has 4 rings (SSSR count). The maximum Gasteiger partial charge on any atom is 0.341 e. The lowest BCUT2D eigenvalue weighted by Gasteiger charge is -2.29. The second-order valence-corrected chi connectivity index (χ2v) is 8.29. The fraction of sp³-hybridized carbons (Fsp3) is 0.474. The first kappa shape index (κ1) is 17.9. The molecule has 2 aromatic rings. The lowest BCUT2D eigenvalue weighted by Crippen LogP contribution is -2.38. The Labute approximate surface area is 160 Å². The van der Waals surface area contributed by atoms with Gasteiger partial charge in [0.15, 0.2) is 0 Å². The lowest BCUT2D eigenvalue weighted by atomic mass is 9.96. The normalized spacial score (nSPS) is 16.0. The van der Waals surface area contributed by atoms with E-state index in [1.54, 1.807) is 22.4 Å². The van der Waals surface area contributed by atoms with Crippen LogP contribution in [-0.4, -0.2) is 38.0 Å². The van der Waals surface area contributed by atoms with E-state index in [4.69, 9.17) is 0 Å². The average Bonchev–Trinajstić information content (AvgIpc) is 3.04. The number of pyridine rings is 1. The molecule has 2 aliphatic rings. The Kier molecular flexibility index (Phi) is 4.59. The number of carboxylic acid groups (broad SMARTS) is 1. The highest BCUT2D eigenvalue weighted by atomic mass is 32.1. The molecule has 7 nitrogen and oxygen atoms in total. The van der Waals surface area contributed by atoms with Crippen LogP contribution in [0.3, 0.4) is 0 Å². The summed E-state index contributed by atoms with van der Waals surface area (Å²) in [7, 11) is 0. The Hall–Kier alpha value is -2.48. The first-order valence-electron chi connectivity index (χ1n) is 9.15. The van der Waals surface area contributed by atoms with Crippen LogP contribution in [-0.2, 0) is 37.1 Å². The second kappa shape index (κ2) is 6.92. The predicted octanol–water partition coefficient (Wildman–Crippen LogP) is 1.83. The number of aryl methyl sites for hydroxylation is 2. The number of aromatic nitrogens is 2. The van der Waals surface area contributed by atoms with Crippen LogP contribution in [0.2, 0.25) is 0 Å². The maximum atomic E-state index is 12.8. The minimum Gasteiger partial charge on any atom is -0.477 e. The largest absolute Gasteiger partial charge is 0.477 e. The predicted molar refractivity (Wildman–Crippen MR) is 100 cm³/mol. The number of fused-ring (bicyclic) bond motifs is 2. The molecule has 0 saturated heterocycles. The van der Waals surface area contributed by atoms with E-state index in [9.17, 15) is 19.5 Å². The molecule has 0 radical (unpaired) electrons. The summed E-state index contributed by atoms with van der Waals surface area (Å²) in [6, 6.07) is 0. The van der Waals surface area contributed by atoms with Crippen molar-refractivity contribution in [1.29, 1.82) is 0 Å². The van der Waals surface area contributed by atoms with Crippen molar-refractivity contribution < 1.29 is 14.7 Å². The smallest absolute Gasteiger partial charge is 0.341 e. The van der Waals surface area contributed by atoms with Crippen LogP contribution in [0.4, 0.5) is 0 Å². The molecule has 8 heteroatoms. The van der Waals surface area contributed by atoms with Gasteiger partial charge in [-0.3, -0.25) is 9.59 Å².